The predicted octanol–water partition coefficient (Wildman–Crippen LogP) is 2.98. The summed E-state index contributed by atoms with van der Waals surface area (Å²) in [5, 5.41) is 6.96. The van der Waals surface area contributed by atoms with Gasteiger partial charge in [-0.25, -0.2) is 9.97 Å². The van der Waals surface area contributed by atoms with Gasteiger partial charge in [0.2, 0.25) is 0 Å². The fourth-order valence-electron chi connectivity index (χ4n) is 2.47. The third-order valence-electron chi connectivity index (χ3n) is 3.96. The summed E-state index contributed by atoms with van der Waals surface area (Å²) in [6.07, 6.45) is 9.69. The minimum atomic E-state index is -0.175. The van der Waals surface area contributed by atoms with Crippen molar-refractivity contribution in [1.82, 2.24) is 24.7 Å². The smallest absolute Gasteiger partial charge is 0.261 e. The standard InChI is InChI=1S/C17H17N5OS/c1-11-10-24-17(20-11)14-8-18-15(21-16(14)23)5-4-13-6-7-19-22(13)9-12-2-3-12/h4-8,10,12H,2-3,9H2,1H3,(H,18,21,23)/b5-4+. The molecule has 0 aromatic carbocycles. The van der Waals surface area contributed by atoms with E-state index in [1.165, 1.54) is 24.2 Å². The van der Waals surface area contributed by atoms with Gasteiger partial charge in [0.15, 0.2) is 0 Å². The van der Waals surface area contributed by atoms with Crippen molar-refractivity contribution < 1.29 is 0 Å². The largest absolute Gasteiger partial charge is 0.306 e. The molecule has 1 aliphatic rings. The van der Waals surface area contributed by atoms with Crippen LogP contribution in [0.4, 0.5) is 0 Å². The molecular formula is C17H17N5OS. The van der Waals surface area contributed by atoms with Crippen molar-refractivity contribution in [1.29, 1.82) is 0 Å². The van der Waals surface area contributed by atoms with Crippen molar-refractivity contribution >= 4 is 23.5 Å². The SMILES string of the molecule is Cc1csc(-c2cnc(/C=C/c3ccnn3CC3CC3)[nH]c2=O)n1. The lowest BCUT2D eigenvalue weighted by Crippen LogP contribution is -2.11. The molecule has 1 aliphatic carbocycles. The second-order valence-corrected chi connectivity index (χ2v) is 6.88. The molecule has 1 N–H and O–H groups in total. The van der Waals surface area contributed by atoms with E-state index >= 15 is 0 Å². The number of aromatic amines is 1. The summed E-state index contributed by atoms with van der Waals surface area (Å²) in [5.41, 5.74) is 2.25. The van der Waals surface area contributed by atoms with Crippen molar-refractivity contribution in [2.45, 2.75) is 26.3 Å². The van der Waals surface area contributed by atoms with Crippen molar-refractivity contribution in [3.05, 3.63) is 51.4 Å². The van der Waals surface area contributed by atoms with Crippen LogP contribution in [0.15, 0.2) is 28.6 Å². The molecule has 0 spiro atoms. The topological polar surface area (TPSA) is 76.5 Å². The zero-order valence-corrected chi connectivity index (χ0v) is 14.1. The molecule has 0 unspecified atom stereocenters. The van der Waals surface area contributed by atoms with Gasteiger partial charge in [-0.15, -0.1) is 11.3 Å². The number of nitrogens with zero attached hydrogens (tertiary/aromatic N) is 4. The van der Waals surface area contributed by atoms with E-state index in [1.54, 1.807) is 18.5 Å². The van der Waals surface area contributed by atoms with Crippen molar-refractivity contribution in [3.63, 3.8) is 0 Å². The summed E-state index contributed by atoms with van der Waals surface area (Å²) in [7, 11) is 0. The summed E-state index contributed by atoms with van der Waals surface area (Å²) >= 11 is 1.45. The molecular weight excluding hydrogens is 322 g/mol. The average Bonchev–Trinajstić information content (AvgIpc) is 3.10. The van der Waals surface area contributed by atoms with E-state index in [2.05, 4.69) is 20.1 Å². The Labute approximate surface area is 142 Å². The molecule has 4 rings (SSSR count). The minimum Gasteiger partial charge on any atom is -0.306 e. The molecule has 0 radical (unpaired) electrons. The van der Waals surface area contributed by atoms with Gasteiger partial charge in [0.05, 0.1) is 11.3 Å². The van der Waals surface area contributed by atoms with E-state index in [0.29, 0.717) is 16.4 Å². The van der Waals surface area contributed by atoms with Gasteiger partial charge >= 0.3 is 0 Å². The Balaban J connectivity index is 1.56. The maximum atomic E-state index is 12.3. The Kier molecular flexibility index (Phi) is 3.86. The quantitative estimate of drug-likeness (QED) is 0.775. The molecule has 6 nitrogen and oxygen atoms in total. The van der Waals surface area contributed by atoms with E-state index in [4.69, 9.17) is 0 Å². The number of aromatic nitrogens is 5. The van der Waals surface area contributed by atoms with Gasteiger partial charge in [-0.2, -0.15) is 5.10 Å². The van der Waals surface area contributed by atoms with Crippen LogP contribution >= 0.6 is 11.3 Å². The average molecular weight is 339 g/mol. The predicted molar refractivity (Wildman–Crippen MR) is 94.6 cm³/mol. The zero-order chi connectivity index (χ0) is 16.5. The van der Waals surface area contributed by atoms with Gasteiger partial charge in [0.1, 0.15) is 10.8 Å². The summed E-state index contributed by atoms with van der Waals surface area (Å²) in [6.45, 7) is 2.86. The number of nitrogens with one attached hydrogen (secondary N) is 1. The zero-order valence-electron chi connectivity index (χ0n) is 13.3. The lowest BCUT2D eigenvalue weighted by atomic mass is 10.3. The van der Waals surface area contributed by atoms with Crippen LogP contribution < -0.4 is 5.56 Å². The first kappa shape index (κ1) is 15.0. The van der Waals surface area contributed by atoms with Gasteiger partial charge < -0.3 is 4.98 Å². The summed E-state index contributed by atoms with van der Waals surface area (Å²) in [4.78, 5) is 23.7. The number of H-pyrrole nitrogens is 1. The van der Waals surface area contributed by atoms with Crippen LogP contribution in [0.5, 0.6) is 0 Å². The molecule has 1 fully saturated rings. The van der Waals surface area contributed by atoms with Gasteiger partial charge in [-0.1, -0.05) is 0 Å². The highest BCUT2D eigenvalue weighted by Crippen LogP contribution is 2.30. The molecule has 1 saturated carbocycles. The molecule has 3 aromatic heterocycles. The van der Waals surface area contributed by atoms with Crippen LogP contribution in [0.2, 0.25) is 0 Å². The minimum absolute atomic E-state index is 0.175. The highest BCUT2D eigenvalue weighted by Gasteiger charge is 2.22. The van der Waals surface area contributed by atoms with Gasteiger partial charge in [-0.05, 0) is 43.9 Å². The maximum Gasteiger partial charge on any atom is 0.261 e. The molecule has 0 atom stereocenters. The van der Waals surface area contributed by atoms with Crippen molar-refractivity contribution in [2.24, 2.45) is 5.92 Å². The van der Waals surface area contributed by atoms with E-state index < -0.39 is 0 Å². The van der Waals surface area contributed by atoms with E-state index in [-0.39, 0.29) is 5.56 Å². The first-order valence-corrected chi connectivity index (χ1v) is 8.79. The maximum absolute atomic E-state index is 12.3. The third kappa shape index (κ3) is 3.21. The Morgan fingerprint density at radius 2 is 2.29 bits per heavy atom. The monoisotopic (exact) mass is 339 g/mol. The lowest BCUT2D eigenvalue weighted by Gasteiger charge is -2.02. The fraction of sp³-hybridized carbons (Fsp3) is 0.294. The number of aryl methyl sites for hydroxylation is 1. The molecule has 0 saturated heterocycles. The number of thiazole rings is 1. The fourth-order valence-corrected chi connectivity index (χ4v) is 3.27. The number of hydrogen-bond acceptors (Lipinski definition) is 5. The highest BCUT2D eigenvalue weighted by atomic mass is 32.1. The first-order chi connectivity index (χ1) is 11.7. The second-order valence-electron chi connectivity index (χ2n) is 6.02. The second kappa shape index (κ2) is 6.16. The molecule has 122 valence electrons. The highest BCUT2D eigenvalue weighted by molar-refractivity contribution is 7.13. The number of rotatable bonds is 5. The Hall–Kier alpha value is -2.54. The van der Waals surface area contributed by atoms with E-state index in [9.17, 15) is 4.79 Å². The Bertz CT molecular complexity index is 948. The molecule has 3 heterocycles. The summed E-state index contributed by atoms with van der Waals surface area (Å²) in [5.74, 6) is 1.28. The van der Waals surface area contributed by atoms with Gasteiger partial charge in [0, 0.05) is 30.0 Å². The molecule has 7 heteroatoms. The van der Waals surface area contributed by atoms with Crippen molar-refractivity contribution in [2.75, 3.05) is 0 Å². The Morgan fingerprint density at radius 3 is 3.00 bits per heavy atom. The van der Waals surface area contributed by atoms with E-state index in [0.717, 1.165) is 23.9 Å². The summed E-state index contributed by atoms with van der Waals surface area (Å²) < 4.78 is 2.00. The third-order valence-corrected chi connectivity index (χ3v) is 4.95. The van der Waals surface area contributed by atoms with E-state index in [1.807, 2.05) is 29.1 Å². The molecule has 24 heavy (non-hydrogen) atoms. The summed E-state index contributed by atoms with van der Waals surface area (Å²) in [6, 6.07) is 1.96. The van der Waals surface area contributed by atoms with Crippen LogP contribution in [-0.4, -0.2) is 24.7 Å². The van der Waals surface area contributed by atoms with Crippen LogP contribution in [-0.2, 0) is 6.54 Å². The van der Waals surface area contributed by atoms with Crippen LogP contribution in [0.3, 0.4) is 0 Å². The van der Waals surface area contributed by atoms with Gasteiger partial charge in [-0.3, -0.25) is 9.48 Å². The molecule has 3 aromatic rings. The van der Waals surface area contributed by atoms with Crippen LogP contribution in [0, 0.1) is 12.8 Å². The molecule has 0 amide bonds. The van der Waals surface area contributed by atoms with Crippen LogP contribution in [0.1, 0.15) is 30.1 Å². The Morgan fingerprint density at radius 1 is 1.42 bits per heavy atom. The van der Waals surface area contributed by atoms with Crippen molar-refractivity contribution in [3.8, 4) is 10.6 Å². The lowest BCUT2D eigenvalue weighted by molar-refractivity contribution is 0.559. The molecule has 0 aliphatic heterocycles. The molecule has 0 bridgehead atoms. The normalized spacial score (nSPS) is 14.5. The van der Waals surface area contributed by atoms with Crippen LogP contribution in [0.25, 0.3) is 22.7 Å². The number of hydrogen-bond donors (Lipinski definition) is 1. The first-order valence-electron chi connectivity index (χ1n) is 7.91. The van der Waals surface area contributed by atoms with Gasteiger partial charge in [0.25, 0.3) is 5.56 Å².